The lowest BCUT2D eigenvalue weighted by Gasteiger charge is -2.29. The average molecular weight is 279 g/mol. The maximum Gasteiger partial charge on any atom is 0.123 e. The fraction of sp³-hybridized carbons (Fsp3) is 0.625. The molecule has 1 fully saturated rings. The Kier molecular flexibility index (Phi) is 4.13. The van der Waals surface area contributed by atoms with E-state index in [1.165, 1.54) is 36.1 Å². The van der Waals surface area contributed by atoms with Gasteiger partial charge in [-0.1, -0.05) is 13.3 Å². The SMILES string of the molecule is CCC1CCC(NC2CCSc3ccc(F)cc32)C1. The predicted octanol–water partition coefficient (Wildman–Crippen LogP) is 4.53. The molecule has 0 amide bonds. The maximum absolute atomic E-state index is 13.5. The van der Waals surface area contributed by atoms with Crippen LogP contribution < -0.4 is 5.32 Å². The standard InChI is InChI=1S/C16H22FNS/c1-2-11-3-5-13(9-11)18-15-7-8-19-16-6-4-12(17)10-14(15)16/h4,6,10-11,13,15,18H,2-3,5,7-9H2,1H3. The molecule has 19 heavy (non-hydrogen) atoms. The van der Waals surface area contributed by atoms with Crippen LogP contribution in [0.1, 0.15) is 50.6 Å². The van der Waals surface area contributed by atoms with E-state index < -0.39 is 0 Å². The summed E-state index contributed by atoms with van der Waals surface area (Å²) in [4.78, 5) is 1.26. The van der Waals surface area contributed by atoms with Gasteiger partial charge in [-0.2, -0.15) is 0 Å². The van der Waals surface area contributed by atoms with E-state index in [9.17, 15) is 4.39 Å². The summed E-state index contributed by atoms with van der Waals surface area (Å²) >= 11 is 1.86. The van der Waals surface area contributed by atoms with Crippen LogP contribution in [0.5, 0.6) is 0 Å². The smallest absolute Gasteiger partial charge is 0.123 e. The Morgan fingerprint density at radius 2 is 2.21 bits per heavy atom. The topological polar surface area (TPSA) is 12.0 Å². The summed E-state index contributed by atoms with van der Waals surface area (Å²) < 4.78 is 13.5. The van der Waals surface area contributed by atoms with Gasteiger partial charge in [-0.15, -0.1) is 11.8 Å². The Morgan fingerprint density at radius 3 is 3.00 bits per heavy atom. The fourth-order valence-corrected chi connectivity index (χ4v) is 4.53. The first-order valence-electron chi connectivity index (χ1n) is 7.44. The molecule has 1 aliphatic heterocycles. The minimum Gasteiger partial charge on any atom is -0.307 e. The van der Waals surface area contributed by atoms with Crippen molar-refractivity contribution in [2.45, 2.75) is 56.0 Å². The molecule has 2 aliphatic rings. The minimum absolute atomic E-state index is 0.106. The average Bonchev–Trinajstić information content (AvgIpc) is 2.87. The Labute approximate surface area is 119 Å². The molecule has 1 aromatic rings. The van der Waals surface area contributed by atoms with Crippen molar-refractivity contribution in [3.05, 3.63) is 29.6 Å². The van der Waals surface area contributed by atoms with Gasteiger partial charge < -0.3 is 5.32 Å². The highest BCUT2D eigenvalue weighted by molar-refractivity contribution is 7.99. The van der Waals surface area contributed by atoms with Crippen molar-refractivity contribution in [1.29, 1.82) is 0 Å². The molecule has 0 aromatic heterocycles. The number of halogens is 1. The Hall–Kier alpha value is -0.540. The zero-order valence-electron chi connectivity index (χ0n) is 11.5. The molecule has 1 aliphatic carbocycles. The summed E-state index contributed by atoms with van der Waals surface area (Å²) in [5, 5.41) is 3.79. The molecule has 1 saturated carbocycles. The third kappa shape index (κ3) is 2.97. The predicted molar refractivity (Wildman–Crippen MR) is 79.0 cm³/mol. The molecule has 1 N–H and O–H groups in total. The van der Waals surface area contributed by atoms with Gasteiger partial charge in [0.25, 0.3) is 0 Å². The summed E-state index contributed by atoms with van der Waals surface area (Å²) in [5.74, 6) is 1.92. The van der Waals surface area contributed by atoms with E-state index in [1.54, 1.807) is 12.1 Å². The summed E-state index contributed by atoms with van der Waals surface area (Å²) in [7, 11) is 0. The first kappa shape index (κ1) is 13.4. The van der Waals surface area contributed by atoms with Gasteiger partial charge in [-0.3, -0.25) is 0 Å². The van der Waals surface area contributed by atoms with Crippen LogP contribution in [0.4, 0.5) is 4.39 Å². The molecule has 3 unspecified atom stereocenters. The number of fused-ring (bicyclic) bond motifs is 1. The van der Waals surface area contributed by atoms with Crippen LogP contribution in [0.15, 0.2) is 23.1 Å². The molecule has 0 bridgehead atoms. The van der Waals surface area contributed by atoms with Gasteiger partial charge in [0.2, 0.25) is 0 Å². The molecule has 3 atom stereocenters. The van der Waals surface area contributed by atoms with Gasteiger partial charge in [-0.05, 0) is 61.1 Å². The van der Waals surface area contributed by atoms with Crippen molar-refractivity contribution in [3.63, 3.8) is 0 Å². The van der Waals surface area contributed by atoms with Crippen molar-refractivity contribution in [1.82, 2.24) is 5.32 Å². The normalized spacial score (nSPS) is 30.3. The number of rotatable bonds is 3. The molecule has 3 heteroatoms. The lowest BCUT2D eigenvalue weighted by atomic mass is 10.0. The van der Waals surface area contributed by atoms with E-state index in [0.29, 0.717) is 12.1 Å². The van der Waals surface area contributed by atoms with Crippen LogP contribution in [-0.2, 0) is 0 Å². The van der Waals surface area contributed by atoms with Crippen molar-refractivity contribution >= 4 is 11.8 Å². The molecule has 1 aromatic carbocycles. The highest BCUT2D eigenvalue weighted by Gasteiger charge is 2.28. The number of benzene rings is 1. The van der Waals surface area contributed by atoms with Crippen molar-refractivity contribution in [3.8, 4) is 0 Å². The van der Waals surface area contributed by atoms with Crippen LogP contribution >= 0.6 is 11.8 Å². The van der Waals surface area contributed by atoms with Gasteiger partial charge in [0.05, 0.1) is 0 Å². The Balaban J connectivity index is 1.71. The molecule has 104 valence electrons. The van der Waals surface area contributed by atoms with Crippen LogP contribution in [0.3, 0.4) is 0 Å². The highest BCUT2D eigenvalue weighted by Crippen LogP contribution is 2.38. The lowest BCUT2D eigenvalue weighted by Crippen LogP contribution is -2.33. The molecule has 0 saturated heterocycles. The zero-order chi connectivity index (χ0) is 13.2. The molecule has 1 heterocycles. The van der Waals surface area contributed by atoms with Crippen LogP contribution in [0.2, 0.25) is 0 Å². The largest absolute Gasteiger partial charge is 0.307 e. The van der Waals surface area contributed by atoms with E-state index >= 15 is 0 Å². The number of thioether (sulfide) groups is 1. The number of hydrogen-bond acceptors (Lipinski definition) is 2. The minimum atomic E-state index is -0.106. The molecule has 1 nitrogen and oxygen atoms in total. The van der Waals surface area contributed by atoms with E-state index in [-0.39, 0.29) is 5.82 Å². The third-order valence-electron chi connectivity index (χ3n) is 4.57. The van der Waals surface area contributed by atoms with Gasteiger partial charge in [0.1, 0.15) is 5.82 Å². The quantitative estimate of drug-likeness (QED) is 0.872. The summed E-state index contributed by atoms with van der Waals surface area (Å²) in [6.07, 6.45) is 6.35. The number of nitrogens with one attached hydrogen (secondary N) is 1. The van der Waals surface area contributed by atoms with E-state index in [1.807, 2.05) is 17.8 Å². The van der Waals surface area contributed by atoms with E-state index in [2.05, 4.69) is 12.2 Å². The highest BCUT2D eigenvalue weighted by atomic mass is 32.2. The first-order valence-corrected chi connectivity index (χ1v) is 8.43. The molecule has 0 radical (unpaired) electrons. The fourth-order valence-electron chi connectivity index (χ4n) is 3.42. The van der Waals surface area contributed by atoms with Crippen LogP contribution in [0, 0.1) is 11.7 Å². The second-order valence-corrected chi connectivity index (χ2v) is 6.96. The monoisotopic (exact) mass is 279 g/mol. The van der Waals surface area contributed by atoms with E-state index in [4.69, 9.17) is 0 Å². The van der Waals surface area contributed by atoms with Crippen molar-refractivity contribution in [2.24, 2.45) is 5.92 Å². The van der Waals surface area contributed by atoms with Gasteiger partial charge in [-0.25, -0.2) is 4.39 Å². The summed E-state index contributed by atoms with van der Waals surface area (Å²) in [5.41, 5.74) is 1.18. The lowest BCUT2D eigenvalue weighted by molar-refractivity contribution is 0.408. The maximum atomic E-state index is 13.5. The molecular weight excluding hydrogens is 257 g/mol. The summed E-state index contributed by atoms with van der Waals surface area (Å²) in [6, 6.07) is 6.23. The molecular formula is C16H22FNS. The van der Waals surface area contributed by atoms with Crippen LogP contribution in [0.25, 0.3) is 0 Å². The third-order valence-corrected chi connectivity index (χ3v) is 5.69. The van der Waals surface area contributed by atoms with Crippen LogP contribution in [-0.4, -0.2) is 11.8 Å². The van der Waals surface area contributed by atoms with Gasteiger partial charge in [0.15, 0.2) is 0 Å². The van der Waals surface area contributed by atoms with Crippen molar-refractivity contribution < 1.29 is 4.39 Å². The van der Waals surface area contributed by atoms with Gasteiger partial charge in [0, 0.05) is 17.0 Å². The Bertz CT molecular complexity index is 448. The van der Waals surface area contributed by atoms with E-state index in [0.717, 1.165) is 18.1 Å². The number of hydrogen-bond donors (Lipinski definition) is 1. The van der Waals surface area contributed by atoms with Crippen molar-refractivity contribution in [2.75, 3.05) is 5.75 Å². The second-order valence-electron chi connectivity index (χ2n) is 5.82. The van der Waals surface area contributed by atoms with Gasteiger partial charge >= 0.3 is 0 Å². The second kappa shape index (κ2) is 5.84. The molecule has 0 spiro atoms. The molecule has 3 rings (SSSR count). The first-order chi connectivity index (χ1) is 9.26. The Morgan fingerprint density at radius 1 is 1.32 bits per heavy atom. The zero-order valence-corrected chi connectivity index (χ0v) is 12.3. The summed E-state index contributed by atoms with van der Waals surface area (Å²) in [6.45, 7) is 2.29.